The number of halogens is 2. The molecular formula is C26H25ClFN3O7S. The number of rotatable bonds is 9. The van der Waals surface area contributed by atoms with Crippen molar-refractivity contribution in [3.8, 4) is 16.9 Å². The van der Waals surface area contributed by atoms with Crippen LogP contribution < -0.4 is 20.3 Å². The van der Waals surface area contributed by atoms with Gasteiger partial charge in [-0.1, -0.05) is 18.5 Å². The fourth-order valence-corrected chi connectivity index (χ4v) is 4.54. The van der Waals surface area contributed by atoms with Crippen LogP contribution in [0.3, 0.4) is 0 Å². The molecule has 2 amide bonds. The van der Waals surface area contributed by atoms with Crippen molar-refractivity contribution < 1.29 is 31.9 Å². The topological polar surface area (TPSA) is 141 Å². The minimum Gasteiger partial charge on any atom is -0.495 e. The standard InChI is InChI=1S/C26H25ClFN3O7S/c1-5-22(26(35)29-16-7-9-18(21(28)11-16)25(34)30-39(4,36)37)31-13-23(38-3)20(12-24(31)33)19-10-15(27)6-8-17(19)14(2)32/h6-13,22H,5H2,1-4H3,(H,29,35)(H,30,34)/t22-/m0/s1. The summed E-state index contributed by atoms with van der Waals surface area (Å²) in [7, 11) is -2.53. The lowest BCUT2D eigenvalue weighted by Gasteiger charge is -2.20. The number of benzene rings is 2. The number of amides is 2. The van der Waals surface area contributed by atoms with Gasteiger partial charge in [0.15, 0.2) is 5.78 Å². The van der Waals surface area contributed by atoms with Gasteiger partial charge in [0, 0.05) is 27.9 Å². The summed E-state index contributed by atoms with van der Waals surface area (Å²) >= 11 is 6.13. The number of nitrogens with zero attached hydrogens (tertiary/aromatic N) is 1. The quantitative estimate of drug-likeness (QED) is 0.369. The Balaban J connectivity index is 1.95. The lowest BCUT2D eigenvalue weighted by atomic mass is 9.97. The van der Waals surface area contributed by atoms with E-state index < -0.39 is 44.8 Å². The molecule has 1 atom stereocenters. The lowest BCUT2D eigenvalue weighted by molar-refractivity contribution is -0.119. The molecule has 2 N–H and O–H groups in total. The number of sulfonamides is 1. The van der Waals surface area contributed by atoms with E-state index in [1.165, 1.54) is 32.4 Å². The van der Waals surface area contributed by atoms with E-state index >= 15 is 0 Å². The molecule has 10 nitrogen and oxygen atoms in total. The molecule has 0 bridgehead atoms. The first-order valence-electron chi connectivity index (χ1n) is 11.5. The zero-order valence-corrected chi connectivity index (χ0v) is 22.9. The molecule has 206 valence electrons. The fraction of sp³-hybridized carbons (Fsp3) is 0.231. The van der Waals surface area contributed by atoms with Crippen LogP contribution in [0.25, 0.3) is 11.1 Å². The van der Waals surface area contributed by atoms with Crippen LogP contribution in [0.1, 0.15) is 47.0 Å². The fourth-order valence-electron chi connectivity index (χ4n) is 3.93. The number of methoxy groups -OCH3 is 1. The van der Waals surface area contributed by atoms with E-state index in [1.54, 1.807) is 29.8 Å². The van der Waals surface area contributed by atoms with Crippen LogP contribution in [-0.4, -0.2) is 43.9 Å². The van der Waals surface area contributed by atoms with Gasteiger partial charge in [0.1, 0.15) is 17.6 Å². The molecule has 13 heteroatoms. The average molecular weight is 578 g/mol. The van der Waals surface area contributed by atoms with Crippen LogP contribution in [0.2, 0.25) is 5.02 Å². The number of hydrogen-bond donors (Lipinski definition) is 2. The molecule has 0 spiro atoms. The van der Waals surface area contributed by atoms with Crippen molar-refractivity contribution in [2.75, 3.05) is 18.7 Å². The van der Waals surface area contributed by atoms with E-state index in [-0.39, 0.29) is 23.6 Å². The van der Waals surface area contributed by atoms with Crippen LogP contribution in [0.15, 0.2) is 53.5 Å². The Bertz CT molecular complexity index is 1640. The largest absolute Gasteiger partial charge is 0.495 e. The van der Waals surface area contributed by atoms with Gasteiger partial charge in [0.25, 0.3) is 11.5 Å². The molecule has 0 radical (unpaired) electrons. The van der Waals surface area contributed by atoms with Crippen LogP contribution in [0.5, 0.6) is 5.75 Å². The van der Waals surface area contributed by atoms with E-state index in [2.05, 4.69) is 5.32 Å². The van der Waals surface area contributed by atoms with E-state index in [4.69, 9.17) is 16.3 Å². The summed E-state index contributed by atoms with van der Waals surface area (Å²) in [5.41, 5.74) is -0.0890. The highest BCUT2D eigenvalue weighted by Crippen LogP contribution is 2.34. The summed E-state index contributed by atoms with van der Waals surface area (Å²) in [6, 6.07) is 7.94. The molecule has 1 aromatic heterocycles. The van der Waals surface area contributed by atoms with Crippen molar-refractivity contribution in [1.82, 2.24) is 9.29 Å². The molecule has 0 aliphatic carbocycles. The monoisotopic (exact) mass is 577 g/mol. The second-order valence-electron chi connectivity index (χ2n) is 8.56. The zero-order chi connectivity index (χ0) is 29.1. The second kappa shape index (κ2) is 11.8. The first-order chi connectivity index (χ1) is 18.2. The predicted molar refractivity (Wildman–Crippen MR) is 144 cm³/mol. The Labute approximate surface area is 228 Å². The molecule has 0 aliphatic rings. The van der Waals surface area contributed by atoms with Gasteiger partial charge in [-0.25, -0.2) is 17.5 Å². The van der Waals surface area contributed by atoms with Crippen molar-refractivity contribution >= 4 is 44.9 Å². The summed E-state index contributed by atoms with van der Waals surface area (Å²) in [6.07, 6.45) is 2.26. The maximum absolute atomic E-state index is 14.5. The molecule has 0 saturated heterocycles. The molecule has 0 unspecified atom stereocenters. The first kappa shape index (κ1) is 29.5. The molecular weight excluding hydrogens is 553 g/mol. The van der Waals surface area contributed by atoms with Crippen LogP contribution >= 0.6 is 11.6 Å². The summed E-state index contributed by atoms with van der Waals surface area (Å²) < 4.78 is 45.3. The number of carbonyl (C=O) groups is 3. The predicted octanol–water partition coefficient (Wildman–Crippen LogP) is 3.80. The Morgan fingerprint density at radius 3 is 2.31 bits per heavy atom. The van der Waals surface area contributed by atoms with Gasteiger partial charge in [-0.05, 0) is 55.3 Å². The smallest absolute Gasteiger partial charge is 0.267 e. The van der Waals surface area contributed by atoms with Crippen molar-refractivity contribution in [3.05, 3.63) is 81.0 Å². The summed E-state index contributed by atoms with van der Waals surface area (Å²) in [5, 5.41) is 2.84. The van der Waals surface area contributed by atoms with Crippen LogP contribution in [0, 0.1) is 5.82 Å². The highest BCUT2D eigenvalue weighted by Gasteiger charge is 2.24. The maximum Gasteiger partial charge on any atom is 0.267 e. The highest BCUT2D eigenvalue weighted by molar-refractivity contribution is 7.89. The summed E-state index contributed by atoms with van der Waals surface area (Å²) in [5.74, 6) is -2.92. The highest BCUT2D eigenvalue weighted by atomic mass is 35.5. The minimum atomic E-state index is -3.90. The molecule has 2 aromatic carbocycles. The van der Waals surface area contributed by atoms with Gasteiger partial charge in [0.2, 0.25) is 15.9 Å². The third-order valence-electron chi connectivity index (χ3n) is 5.70. The first-order valence-corrected chi connectivity index (χ1v) is 13.8. The average Bonchev–Trinajstić information content (AvgIpc) is 2.83. The molecule has 1 heterocycles. The molecule has 39 heavy (non-hydrogen) atoms. The van der Waals surface area contributed by atoms with Crippen LogP contribution in [0.4, 0.5) is 10.1 Å². The van der Waals surface area contributed by atoms with E-state index in [1.807, 2.05) is 0 Å². The van der Waals surface area contributed by atoms with Crippen molar-refractivity contribution in [3.63, 3.8) is 0 Å². The second-order valence-corrected chi connectivity index (χ2v) is 10.7. The Morgan fingerprint density at radius 2 is 1.74 bits per heavy atom. The third kappa shape index (κ3) is 6.89. The van der Waals surface area contributed by atoms with E-state index in [0.717, 1.165) is 23.0 Å². The minimum absolute atomic E-state index is 0.0199. The summed E-state index contributed by atoms with van der Waals surface area (Å²) in [6.45, 7) is 3.05. The Kier molecular flexibility index (Phi) is 8.92. The SMILES string of the molecule is CC[C@@H](C(=O)Nc1ccc(C(=O)NS(C)(=O)=O)c(F)c1)n1cc(OC)c(-c2cc(Cl)ccc2C(C)=O)cc1=O. The number of ketones is 1. The molecule has 3 aromatic rings. The number of Topliss-reactive ketones (excluding diaryl/α,β-unsaturated/α-hetero) is 1. The number of ether oxygens (including phenoxy) is 1. The van der Waals surface area contributed by atoms with E-state index in [9.17, 15) is 32.0 Å². The Hall–Kier alpha value is -4.03. The molecule has 0 aliphatic heterocycles. The van der Waals surface area contributed by atoms with Gasteiger partial charge in [0.05, 0.1) is 25.1 Å². The zero-order valence-electron chi connectivity index (χ0n) is 21.4. The lowest BCUT2D eigenvalue weighted by Crippen LogP contribution is -2.33. The number of hydrogen-bond acceptors (Lipinski definition) is 7. The Morgan fingerprint density at radius 1 is 1.08 bits per heavy atom. The number of nitrogens with one attached hydrogen (secondary N) is 2. The van der Waals surface area contributed by atoms with Crippen molar-refractivity contribution in [2.24, 2.45) is 0 Å². The van der Waals surface area contributed by atoms with Gasteiger partial charge in [-0.2, -0.15) is 0 Å². The van der Waals surface area contributed by atoms with Gasteiger partial charge >= 0.3 is 0 Å². The summed E-state index contributed by atoms with van der Waals surface area (Å²) in [4.78, 5) is 50.4. The number of aromatic nitrogens is 1. The van der Waals surface area contributed by atoms with Crippen LogP contribution in [-0.2, 0) is 14.8 Å². The maximum atomic E-state index is 14.5. The molecule has 0 saturated carbocycles. The van der Waals surface area contributed by atoms with Gasteiger partial charge in [-0.3, -0.25) is 23.7 Å². The van der Waals surface area contributed by atoms with E-state index in [0.29, 0.717) is 21.7 Å². The van der Waals surface area contributed by atoms with Gasteiger partial charge < -0.3 is 10.1 Å². The van der Waals surface area contributed by atoms with Gasteiger partial charge in [-0.15, -0.1) is 0 Å². The number of carbonyl (C=O) groups excluding carboxylic acids is 3. The number of anilines is 1. The number of pyridine rings is 1. The van der Waals surface area contributed by atoms with Crippen molar-refractivity contribution in [1.29, 1.82) is 0 Å². The molecule has 3 rings (SSSR count). The van der Waals surface area contributed by atoms with Crippen molar-refractivity contribution in [2.45, 2.75) is 26.3 Å². The molecule has 0 fully saturated rings. The normalized spacial score (nSPS) is 11.9. The third-order valence-corrected chi connectivity index (χ3v) is 6.49.